The Morgan fingerprint density at radius 2 is 2.21 bits per heavy atom. The molecule has 1 saturated carbocycles. The molecule has 0 atom stereocenters. The second-order valence-corrected chi connectivity index (χ2v) is 5.91. The number of hydrogen-bond donors (Lipinski definition) is 1. The Hall–Kier alpha value is -1.44. The Morgan fingerprint density at radius 3 is 2.79 bits per heavy atom. The number of aryl methyl sites for hydroxylation is 1. The van der Waals surface area contributed by atoms with Gasteiger partial charge >= 0.3 is 5.97 Å². The third kappa shape index (κ3) is 2.24. The van der Waals surface area contributed by atoms with Crippen molar-refractivity contribution < 1.29 is 9.90 Å². The zero-order valence-electron chi connectivity index (χ0n) is 10.3. The van der Waals surface area contributed by atoms with Crippen molar-refractivity contribution >= 4 is 28.6 Å². The van der Waals surface area contributed by atoms with Crippen LogP contribution in [0.5, 0.6) is 0 Å². The summed E-state index contributed by atoms with van der Waals surface area (Å²) in [4.78, 5) is 11.2. The van der Waals surface area contributed by atoms with Crippen LogP contribution >= 0.6 is 22.6 Å². The lowest BCUT2D eigenvalue weighted by Gasteiger charge is -2.07. The molecule has 0 aliphatic heterocycles. The number of halogens is 1. The van der Waals surface area contributed by atoms with Crippen molar-refractivity contribution in [2.75, 3.05) is 0 Å². The van der Waals surface area contributed by atoms with Gasteiger partial charge < -0.3 is 5.11 Å². The Balaban J connectivity index is 2.14. The van der Waals surface area contributed by atoms with Crippen LogP contribution in [0.15, 0.2) is 18.2 Å². The Morgan fingerprint density at radius 1 is 1.47 bits per heavy atom. The summed E-state index contributed by atoms with van der Waals surface area (Å²) in [7, 11) is 0. The number of aromatic nitrogens is 3. The number of carboxylic acid groups (broad SMARTS) is 1. The normalized spacial score (nSPS) is 14.6. The zero-order chi connectivity index (χ0) is 13.6. The molecule has 1 fully saturated rings. The van der Waals surface area contributed by atoms with Gasteiger partial charge in [-0.15, -0.1) is 5.10 Å². The first-order chi connectivity index (χ1) is 9.08. The van der Waals surface area contributed by atoms with Crippen molar-refractivity contribution in [1.82, 2.24) is 15.0 Å². The van der Waals surface area contributed by atoms with E-state index in [1.165, 1.54) is 5.56 Å². The summed E-state index contributed by atoms with van der Waals surface area (Å²) in [5.74, 6) is -0.727. The number of carboxylic acids is 1. The number of aromatic carboxylic acids is 1. The first-order valence-corrected chi connectivity index (χ1v) is 7.11. The van der Waals surface area contributed by atoms with E-state index in [0.717, 1.165) is 27.8 Å². The molecule has 19 heavy (non-hydrogen) atoms. The predicted octanol–water partition coefficient (Wildman–Crippen LogP) is 2.76. The molecule has 0 spiro atoms. The van der Waals surface area contributed by atoms with Gasteiger partial charge in [-0.3, -0.25) is 0 Å². The van der Waals surface area contributed by atoms with E-state index in [0.29, 0.717) is 0 Å². The number of benzene rings is 1. The van der Waals surface area contributed by atoms with Gasteiger partial charge in [0.05, 0.1) is 11.4 Å². The van der Waals surface area contributed by atoms with Gasteiger partial charge in [-0.2, -0.15) is 0 Å². The summed E-state index contributed by atoms with van der Waals surface area (Å²) < 4.78 is 2.80. The Bertz CT molecular complexity index is 662. The number of nitrogens with zero attached hydrogens (tertiary/aromatic N) is 3. The SMILES string of the molecule is Cc1ccc(-n2nnc(C(=O)O)c2C2CC2)cc1I. The Labute approximate surface area is 123 Å². The van der Waals surface area contributed by atoms with E-state index in [9.17, 15) is 9.90 Å². The molecule has 1 aromatic heterocycles. The summed E-state index contributed by atoms with van der Waals surface area (Å²) in [5, 5.41) is 17.0. The van der Waals surface area contributed by atoms with Gasteiger partial charge in [-0.1, -0.05) is 11.3 Å². The first kappa shape index (κ1) is 12.6. The lowest BCUT2D eigenvalue weighted by molar-refractivity contribution is 0.0689. The molecule has 98 valence electrons. The molecule has 1 N–H and O–H groups in total. The molecule has 2 aromatic rings. The van der Waals surface area contributed by atoms with Crippen LogP contribution in [0.1, 0.15) is 40.5 Å². The van der Waals surface area contributed by atoms with Gasteiger partial charge in [0.25, 0.3) is 0 Å². The molecule has 1 heterocycles. The lowest BCUT2D eigenvalue weighted by atomic mass is 10.2. The maximum Gasteiger partial charge on any atom is 0.358 e. The van der Waals surface area contributed by atoms with Crippen molar-refractivity contribution in [1.29, 1.82) is 0 Å². The fourth-order valence-corrected chi connectivity index (χ4v) is 2.57. The van der Waals surface area contributed by atoms with Crippen LogP contribution < -0.4 is 0 Å². The van der Waals surface area contributed by atoms with Crippen LogP contribution in [0.25, 0.3) is 5.69 Å². The molecule has 0 radical (unpaired) electrons. The molecule has 6 heteroatoms. The first-order valence-electron chi connectivity index (χ1n) is 6.03. The molecule has 1 aliphatic rings. The number of carbonyl (C=O) groups is 1. The highest BCUT2D eigenvalue weighted by molar-refractivity contribution is 14.1. The molecule has 0 saturated heterocycles. The fourth-order valence-electron chi connectivity index (χ4n) is 2.07. The molecular weight excluding hydrogens is 357 g/mol. The zero-order valence-corrected chi connectivity index (χ0v) is 12.5. The van der Waals surface area contributed by atoms with Crippen molar-refractivity contribution in [3.8, 4) is 5.69 Å². The van der Waals surface area contributed by atoms with Crippen molar-refractivity contribution in [2.24, 2.45) is 0 Å². The van der Waals surface area contributed by atoms with Gasteiger partial charge in [0.15, 0.2) is 5.69 Å². The maximum atomic E-state index is 11.2. The van der Waals surface area contributed by atoms with Crippen LogP contribution in [0.3, 0.4) is 0 Å². The molecule has 3 rings (SSSR count). The monoisotopic (exact) mass is 369 g/mol. The van der Waals surface area contributed by atoms with Gasteiger partial charge in [0, 0.05) is 9.49 Å². The topological polar surface area (TPSA) is 68.0 Å². The van der Waals surface area contributed by atoms with E-state index in [4.69, 9.17) is 0 Å². The van der Waals surface area contributed by atoms with Crippen LogP contribution in [0.4, 0.5) is 0 Å². The Kier molecular flexibility index (Phi) is 3.04. The van der Waals surface area contributed by atoms with E-state index in [2.05, 4.69) is 32.9 Å². The highest BCUT2D eigenvalue weighted by atomic mass is 127. The van der Waals surface area contributed by atoms with Crippen LogP contribution in [0.2, 0.25) is 0 Å². The third-order valence-electron chi connectivity index (χ3n) is 3.27. The van der Waals surface area contributed by atoms with E-state index in [-0.39, 0.29) is 11.6 Å². The second kappa shape index (κ2) is 4.59. The van der Waals surface area contributed by atoms with Crippen molar-refractivity contribution in [3.63, 3.8) is 0 Å². The van der Waals surface area contributed by atoms with Crippen molar-refractivity contribution in [2.45, 2.75) is 25.7 Å². The largest absolute Gasteiger partial charge is 0.476 e. The van der Waals surface area contributed by atoms with E-state index in [1.807, 2.05) is 25.1 Å². The second-order valence-electron chi connectivity index (χ2n) is 4.75. The van der Waals surface area contributed by atoms with Gasteiger partial charge in [-0.05, 0) is 60.1 Å². The summed E-state index contributed by atoms with van der Waals surface area (Å²) in [6.07, 6.45) is 2.02. The fraction of sp³-hybridized carbons (Fsp3) is 0.308. The summed E-state index contributed by atoms with van der Waals surface area (Å²) in [6.45, 7) is 2.04. The van der Waals surface area contributed by atoms with E-state index < -0.39 is 5.97 Å². The third-order valence-corrected chi connectivity index (χ3v) is 4.43. The summed E-state index contributed by atoms with van der Waals surface area (Å²) >= 11 is 2.26. The lowest BCUT2D eigenvalue weighted by Crippen LogP contribution is -2.06. The number of hydrogen-bond acceptors (Lipinski definition) is 3. The van der Waals surface area contributed by atoms with Crippen LogP contribution in [0, 0.1) is 10.5 Å². The molecule has 0 unspecified atom stereocenters. The minimum absolute atomic E-state index is 0.0816. The molecule has 0 amide bonds. The number of rotatable bonds is 3. The quantitative estimate of drug-likeness (QED) is 0.845. The van der Waals surface area contributed by atoms with Gasteiger partial charge in [0.2, 0.25) is 0 Å². The molecule has 5 nitrogen and oxygen atoms in total. The molecular formula is C13H12IN3O2. The minimum atomic E-state index is -1.00. The minimum Gasteiger partial charge on any atom is -0.476 e. The summed E-state index contributed by atoms with van der Waals surface area (Å²) in [5.41, 5.74) is 2.87. The van der Waals surface area contributed by atoms with E-state index >= 15 is 0 Å². The predicted molar refractivity (Wildman–Crippen MR) is 77.7 cm³/mol. The van der Waals surface area contributed by atoms with Gasteiger partial charge in [0.1, 0.15) is 0 Å². The van der Waals surface area contributed by atoms with Crippen LogP contribution in [-0.4, -0.2) is 26.1 Å². The van der Waals surface area contributed by atoms with Crippen LogP contribution in [-0.2, 0) is 0 Å². The highest BCUT2D eigenvalue weighted by Crippen LogP contribution is 2.42. The molecule has 1 aliphatic carbocycles. The maximum absolute atomic E-state index is 11.2. The van der Waals surface area contributed by atoms with E-state index in [1.54, 1.807) is 4.68 Å². The van der Waals surface area contributed by atoms with Gasteiger partial charge in [-0.25, -0.2) is 9.48 Å². The smallest absolute Gasteiger partial charge is 0.358 e. The standard InChI is InChI=1S/C13H12IN3O2/c1-7-2-5-9(6-10(7)14)17-12(8-3-4-8)11(13(18)19)15-16-17/h2,5-6,8H,3-4H2,1H3,(H,18,19). The summed E-state index contributed by atoms with van der Waals surface area (Å²) in [6, 6.07) is 5.96. The average molecular weight is 369 g/mol. The highest BCUT2D eigenvalue weighted by Gasteiger charge is 2.34. The molecule has 0 bridgehead atoms. The van der Waals surface area contributed by atoms with Crippen molar-refractivity contribution in [3.05, 3.63) is 38.7 Å². The average Bonchev–Trinajstić information content (AvgIpc) is 3.11. The molecule has 1 aromatic carbocycles.